The molecule has 2 heteroatoms. The fourth-order valence-electron chi connectivity index (χ4n) is 4.46. The summed E-state index contributed by atoms with van der Waals surface area (Å²) < 4.78 is 0. The number of aliphatic hydroxyl groups is 1. The van der Waals surface area contributed by atoms with E-state index in [4.69, 9.17) is 0 Å². The second-order valence-corrected chi connectivity index (χ2v) is 9.10. The Kier molecular flexibility index (Phi) is 8.09. The molecule has 1 aromatic rings. The first-order valence-corrected chi connectivity index (χ1v) is 11.1. The number of carbonyl (C=O) groups excluding carboxylic acids is 1. The van der Waals surface area contributed by atoms with Crippen LogP contribution in [0.3, 0.4) is 0 Å². The Balaban J connectivity index is 0.000000219. The van der Waals surface area contributed by atoms with E-state index in [0.717, 1.165) is 63.7 Å². The summed E-state index contributed by atoms with van der Waals surface area (Å²) in [5, 5.41) is 10.5. The number of aryl methyl sites for hydroxylation is 1. The van der Waals surface area contributed by atoms with Gasteiger partial charge in [0, 0.05) is 5.41 Å². The van der Waals surface area contributed by atoms with Crippen LogP contribution in [-0.2, 0) is 4.79 Å². The molecule has 1 aromatic carbocycles. The number of benzene rings is 1. The summed E-state index contributed by atoms with van der Waals surface area (Å²) in [7, 11) is 0. The molecule has 3 rings (SSSR count). The maximum absolute atomic E-state index is 11.9. The van der Waals surface area contributed by atoms with Gasteiger partial charge in [0.1, 0.15) is 5.78 Å². The van der Waals surface area contributed by atoms with Gasteiger partial charge >= 0.3 is 0 Å². The quantitative estimate of drug-likeness (QED) is 0.576. The number of ketones is 1. The van der Waals surface area contributed by atoms with Gasteiger partial charge in [0.15, 0.2) is 0 Å². The van der Waals surface area contributed by atoms with E-state index >= 15 is 0 Å². The molecule has 152 valence electrons. The van der Waals surface area contributed by atoms with Crippen molar-refractivity contribution >= 4 is 5.78 Å². The van der Waals surface area contributed by atoms with Crippen LogP contribution < -0.4 is 0 Å². The Morgan fingerprint density at radius 1 is 1.00 bits per heavy atom. The molecule has 27 heavy (non-hydrogen) atoms. The van der Waals surface area contributed by atoms with Crippen molar-refractivity contribution in [1.82, 2.24) is 0 Å². The zero-order valence-corrected chi connectivity index (χ0v) is 18.0. The number of carbonyl (C=O) groups is 1. The molecule has 2 fully saturated rings. The van der Waals surface area contributed by atoms with Crippen molar-refractivity contribution in [2.75, 3.05) is 0 Å². The van der Waals surface area contributed by atoms with Crippen molar-refractivity contribution in [3.63, 3.8) is 0 Å². The number of hydrogen-bond acceptors (Lipinski definition) is 2. The smallest absolute Gasteiger partial charge is 0.135 e. The highest BCUT2D eigenvalue weighted by Crippen LogP contribution is 2.46. The summed E-state index contributed by atoms with van der Waals surface area (Å²) in [5.74, 6) is 1.23. The van der Waals surface area contributed by atoms with Gasteiger partial charge < -0.3 is 5.11 Å². The molecule has 0 spiro atoms. The largest absolute Gasteiger partial charge is 0.390 e. The lowest BCUT2D eigenvalue weighted by Gasteiger charge is -2.43. The van der Waals surface area contributed by atoms with Gasteiger partial charge in [-0.3, -0.25) is 4.79 Å². The van der Waals surface area contributed by atoms with Crippen molar-refractivity contribution in [3.05, 3.63) is 35.4 Å². The van der Waals surface area contributed by atoms with Crippen LogP contribution in [0, 0.1) is 12.3 Å². The molecule has 0 saturated heterocycles. The predicted octanol–water partition coefficient (Wildman–Crippen LogP) is 6.73. The lowest BCUT2D eigenvalue weighted by atomic mass is 9.64. The molecule has 2 nitrogen and oxygen atoms in total. The second-order valence-electron chi connectivity index (χ2n) is 9.10. The Bertz CT molecular complexity index is 575. The zero-order valence-electron chi connectivity index (χ0n) is 18.0. The van der Waals surface area contributed by atoms with Crippen LogP contribution in [0.2, 0.25) is 0 Å². The molecule has 0 atom stereocenters. The fourth-order valence-corrected chi connectivity index (χ4v) is 4.46. The first-order valence-electron chi connectivity index (χ1n) is 11.1. The number of unbranched alkanes of at least 4 members (excludes halogenated alkanes) is 1. The second kappa shape index (κ2) is 9.87. The topological polar surface area (TPSA) is 37.3 Å². The number of hydrogen-bond donors (Lipinski definition) is 1. The number of Topliss-reactive ketones (excluding diaryl/α,β-unsaturated/α-hetero) is 1. The van der Waals surface area contributed by atoms with Crippen LogP contribution in [0.15, 0.2) is 24.3 Å². The van der Waals surface area contributed by atoms with Crippen LogP contribution >= 0.6 is 0 Å². The normalized spacial score (nSPS) is 27.6. The summed E-state index contributed by atoms with van der Waals surface area (Å²) >= 11 is 0. The third kappa shape index (κ3) is 6.45. The van der Waals surface area contributed by atoms with E-state index < -0.39 is 5.60 Å². The summed E-state index contributed by atoms with van der Waals surface area (Å²) in [6.45, 7) is 8.16. The summed E-state index contributed by atoms with van der Waals surface area (Å²) in [4.78, 5) is 11.9. The van der Waals surface area contributed by atoms with Crippen LogP contribution in [0.1, 0.15) is 108 Å². The van der Waals surface area contributed by atoms with Crippen LogP contribution in [-0.4, -0.2) is 16.5 Å². The molecule has 0 amide bonds. The van der Waals surface area contributed by atoms with Gasteiger partial charge in [0.2, 0.25) is 0 Å². The molecule has 2 aliphatic carbocycles. The average molecular weight is 373 g/mol. The summed E-state index contributed by atoms with van der Waals surface area (Å²) in [6.07, 6.45) is 11.4. The molecule has 0 aromatic heterocycles. The van der Waals surface area contributed by atoms with Gasteiger partial charge in [0.25, 0.3) is 0 Å². The Morgan fingerprint density at radius 2 is 1.59 bits per heavy atom. The minimum absolute atomic E-state index is 0.118. The van der Waals surface area contributed by atoms with Gasteiger partial charge in [-0.25, -0.2) is 0 Å². The molecular formula is C25H40O2. The monoisotopic (exact) mass is 372 g/mol. The van der Waals surface area contributed by atoms with Crippen LogP contribution in [0.5, 0.6) is 0 Å². The highest BCUT2D eigenvalue weighted by atomic mass is 16.3. The zero-order chi connectivity index (χ0) is 19.9. The predicted molar refractivity (Wildman–Crippen MR) is 114 cm³/mol. The highest BCUT2D eigenvalue weighted by molar-refractivity contribution is 5.82. The van der Waals surface area contributed by atoms with E-state index in [1.165, 1.54) is 24.0 Å². The standard InChI is InChI=1S/C15H28O2.C10H12/c1-4-6-8-15(17)11-9-14(7-5-2,10-12-15)13(3)16;1-8-2-4-9(5-3-8)10-6-7-10/h17H,4-12H2,1-3H3;2-5,10H,6-7H2,1H3. The Labute approximate surface area is 166 Å². The summed E-state index contributed by atoms with van der Waals surface area (Å²) in [5.41, 5.74) is 2.30. The minimum Gasteiger partial charge on any atom is -0.390 e. The lowest BCUT2D eigenvalue weighted by Crippen LogP contribution is -2.42. The van der Waals surface area contributed by atoms with E-state index in [1.54, 1.807) is 6.92 Å². The Morgan fingerprint density at radius 3 is 2.04 bits per heavy atom. The van der Waals surface area contributed by atoms with Crippen LogP contribution in [0.4, 0.5) is 0 Å². The first kappa shape index (κ1) is 22.1. The molecular weight excluding hydrogens is 332 g/mol. The average Bonchev–Trinajstić information content (AvgIpc) is 3.49. The molecule has 0 aliphatic heterocycles. The summed E-state index contributed by atoms with van der Waals surface area (Å²) in [6, 6.07) is 8.92. The van der Waals surface area contributed by atoms with E-state index in [9.17, 15) is 9.90 Å². The van der Waals surface area contributed by atoms with Gasteiger partial charge in [0.05, 0.1) is 5.60 Å². The maximum atomic E-state index is 11.9. The Hall–Kier alpha value is -1.15. The molecule has 0 bridgehead atoms. The van der Waals surface area contributed by atoms with Crippen molar-refractivity contribution < 1.29 is 9.90 Å². The molecule has 0 heterocycles. The third-order valence-corrected chi connectivity index (χ3v) is 6.74. The third-order valence-electron chi connectivity index (χ3n) is 6.74. The van der Waals surface area contributed by atoms with Crippen LogP contribution in [0.25, 0.3) is 0 Å². The van der Waals surface area contributed by atoms with Crippen molar-refractivity contribution in [2.45, 2.75) is 110 Å². The van der Waals surface area contributed by atoms with Gasteiger partial charge in [-0.2, -0.15) is 0 Å². The van der Waals surface area contributed by atoms with E-state index in [-0.39, 0.29) is 5.41 Å². The fraction of sp³-hybridized carbons (Fsp3) is 0.720. The SMILES string of the molecule is CCCCC1(O)CCC(CCC)(C(C)=O)CC1.Cc1ccc(C2CC2)cc1. The van der Waals surface area contributed by atoms with Crippen molar-refractivity contribution in [1.29, 1.82) is 0 Å². The molecule has 1 N–H and O–H groups in total. The van der Waals surface area contributed by atoms with Gasteiger partial charge in [-0.1, -0.05) is 62.9 Å². The number of rotatable bonds is 7. The molecule has 2 aliphatic rings. The molecule has 0 unspecified atom stereocenters. The van der Waals surface area contributed by atoms with E-state index in [0.29, 0.717) is 5.78 Å². The van der Waals surface area contributed by atoms with Crippen molar-refractivity contribution in [3.8, 4) is 0 Å². The van der Waals surface area contributed by atoms with Gasteiger partial charge in [-0.05, 0) is 76.7 Å². The van der Waals surface area contributed by atoms with E-state index in [2.05, 4.69) is 45.0 Å². The maximum Gasteiger partial charge on any atom is 0.135 e. The minimum atomic E-state index is -0.483. The van der Waals surface area contributed by atoms with Crippen molar-refractivity contribution in [2.24, 2.45) is 5.41 Å². The molecule has 0 radical (unpaired) electrons. The first-order chi connectivity index (χ1) is 12.8. The lowest BCUT2D eigenvalue weighted by molar-refractivity contribution is -0.133. The van der Waals surface area contributed by atoms with Gasteiger partial charge in [-0.15, -0.1) is 0 Å². The molecule has 2 saturated carbocycles. The van der Waals surface area contributed by atoms with E-state index in [1.807, 2.05) is 0 Å². The highest BCUT2D eigenvalue weighted by Gasteiger charge is 2.43.